The Morgan fingerprint density at radius 2 is 2.23 bits per heavy atom. The van der Waals surface area contributed by atoms with Gasteiger partial charge in [0.25, 0.3) is 5.22 Å². The van der Waals surface area contributed by atoms with Crippen molar-refractivity contribution in [1.29, 1.82) is 0 Å². The predicted octanol–water partition coefficient (Wildman–Crippen LogP) is 2.24. The van der Waals surface area contributed by atoms with Crippen molar-refractivity contribution in [2.75, 3.05) is 19.9 Å². The summed E-state index contributed by atoms with van der Waals surface area (Å²) in [5.74, 6) is 1.64. The summed E-state index contributed by atoms with van der Waals surface area (Å²) >= 11 is 1.23. The Morgan fingerprint density at radius 3 is 3.08 bits per heavy atom. The fraction of sp³-hybridized carbons (Fsp3) is 0.471. The van der Waals surface area contributed by atoms with Gasteiger partial charge in [0.1, 0.15) is 0 Å². The summed E-state index contributed by atoms with van der Waals surface area (Å²) < 4.78 is 21.8. The first kappa shape index (κ1) is 17.2. The lowest BCUT2D eigenvalue weighted by Gasteiger charge is -2.13. The van der Waals surface area contributed by atoms with E-state index in [1.165, 1.54) is 11.8 Å². The highest BCUT2D eigenvalue weighted by Gasteiger charge is 2.22. The third-order valence-electron chi connectivity index (χ3n) is 4.20. The van der Waals surface area contributed by atoms with Gasteiger partial charge in [-0.3, -0.25) is 4.79 Å². The molecule has 1 aromatic heterocycles. The number of hydrogen-bond donors (Lipinski definition) is 1. The van der Waals surface area contributed by atoms with Gasteiger partial charge in [-0.2, -0.15) is 0 Å². The van der Waals surface area contributed by atoms with E-state index < -0.39 is 0 Å². The van der Waals surface area contributed by atoms with Crippen molar-refractivity contribution in [3.63, 3.8) is 0 Å². The summed E-state index contributed by atoms with van der Waals surface area (Å²) in [6, 6.07) is 5.42. The Labute approximate surface area is 154 Å². The standard InChI is InChI=1S/C17H19N3O5S/c1-10(15(21)18-8-12-3-2-6-22-12)26-17-20-19-16(25-17)11-4-5-13-14(7-11)24-9-23-13/h4-5,7,10,12H,2-3,6,8-9H2,1H3,(H,18,21)/t10-,12-/m1/s1. The number of fused-ring (bicyclic) bond motifs is 1. The first-order valence-corrected chi connectivity index (χ1v) is 9.36. The van der Waals surface area contributed by atoms with Crippen LogP contribution in [0.25, 0.3) is 11.5 Å². The van der Waals surface area contributed by atoms with E-state index in [4.69, 9.17) is 18.6 Å². The molecule has 8 nitrogen and oxygen atoms in total. The van der Waals surface area contributed by atoms with Gasteiger partial charge in [0.05, 0.1) is 11.4 Å². The van der Waals surface area contributed by atoms with E-state index in [9.17, 15) is 4.79 Å². The summed E-state index contributed by atoms with van der Waals surface area (Å²) in [6.45, 7) is 3.33. The Balaban J connectivity index is 1.34. The molecule has 0 radical (unpaired) electrons. The number of benzene rings is 1. The molecule has 0 aliphatic carbocycles. The number of aromatic nitrogens is 2. The molecule has 9 heteroatoms. The third-order valence-corrected chi connectivity index (χ3v) is 5.14. The second kappa shape index (κ2) is 7.55. The average Bonchev–Trinajstić information content (AvgIpc) is 3.39. The Bertz CT molecular complexity index is 790. The molecule has 0 saturated carbocycles. The van der Waals surface area contributed by atoms with Crippen LogP contribution in [0.15, 0.2) is 27.8 Å². The fourth-order valence-electron chi connectivity index (χ4n) is 2.77. The van der Waals surface area contributed by atoms with Gasteiger partial charge >= 0.3 is 0 Å². The van der Waals surface area contributed by atoms with Gasteiger partial charge in [-0.05, 0) is 38.0 Å². The summed E-state index contributed by atoms with van der Waals surface area (Å²) in [6.07, 6.45) is 2.16. The normalized spacial score (nSPS) is 19.5. The first-order chi connectivity index (χ1) is 12.7. The molecule has 26 heavy (non-hydrogen) atoms. The third kappa shape index (κ3) is 3.78. The van der Waals surface area contributed by atoms with Gasteiger partial charge in [-0.15, -0.1) is 10.2 Å². The summed E-state index contributed by atoms with van der Waals surface area (Å²) in [7, 11) is 0. The van der Waals surface area contributed by atoms with Crippen LogP contribution >= 0.6 is 11.8 Å². The molecule has 0 bridgehead atoms. The number of ether oxygens (including phenoxy) is 3. The van der Waals surface area contributed by atoms with Crippen LogP contribution in [0.4, 0.5) is 0 Å². The molecule has 3 heterocycles. The van der Waals surface area contributed by atoms with E-state index in [1.54, 1.807) is 19.1 Å². The van der Waals surface area contributed by atoms with Gasteiger partial charge in [-0.25, -0.2) is 0 Å². The predicted molar refractivity (Wildman–Crippen MR) is 93.2 cm³/mol. The molecule has 2 aliphatic rings. The molecule has 1 amide bonds. The molecule has 1 fully saturated rings. The molecule has 0 unspecified atom stereocenters. The summed E-state index contributed by atoms with van der Waals surface area (Å²) in [5, 5.41) is 11.0. The zero-order valence-corrected chi connectivity index (χ0v) is 15.1. The second-order valence-electron chi connectivity index (χ2n) is 6.08. The molecule has 1 aromatic carbocycles. The molecule has 2 aliphatic heterocycles. The maximum Gasteiger partial charge on any atom is 0.277 e. The van der Waals surface area contributed by atoms with E-state index in [2.05, 4.69) is 15.5 Å². The highest BCUT2D eigenvalue weighted by atomic mass is 32.2. The van der Waals surface area contributed by atoms with E-state index in [1.807, 2.05) is 6.07 Å². The Hall–Kier alpha value is -2.26. The number of nitrogens with zero attached hydrogens (tertiary/aromatic N) is 2. The fourth-order valence-corrected chi connectivity index (χ4v) is 3.48. The second-order valence-corrected chi connectivity index (χ2v) is 7.37. The first-order valence-electron chi connectivity index (χ1n) is 8.48. The molecule has 2 atom stereocenters. The van der Waals surface area contributed by atoms with E-state index in [0.29, 0.717) is 29.2 Å². The van der Waals surface area contributed by atoms with Crippen LogP contribution in [0, 0.1) is 0 Å². The molecule has 138 valence electrons. The highest BCUT2D eigenvalue weighted by molar-refractivity contribution is 8.00. The van der Waals surface area contributed by atoms with Gasteiger partial charge in [0, 0.05) is 18.7 Å². The smallest absolute Gasteiger partial charge is 0.277 e. The lowest BCUT2D eigenvalue weighted by molar-refractivity contribution is -0.120. The summed E-state index contributed by atoms with van der Waals surface area (Å²) in [4.78, 5) is 12.2. The number of carbonyl (C=O) groups is 1. The van der Waals surface area contributed by atoms with Crippen molar-refractivity contribution in [3.05, 3.63) is 18.2 Å². The minimum Gasteiger partial charge on any atom is -0.454 e. The van der Waals surface area contributed by atoms with Crippen LogP contribution in [0.3, 0.4) is 0 Å². The van der Waals surface area contributed by atoms with E-state index in [0.717, 1.165) is 25.0 Å². The van der Waals surface area contributed by atoms with Crippen LogP contribution in [-0.2, 0) is 9.53 Å². The van der Waals surface area contributed by atoms with Crippen LogP contribution in [-0.4, -0.2) is 47.4 Å². The van der Waals surface area contributed by atoms with Crippen molar-refractivity contribution < 1.29 is 23.4 Å². The van der Waals surface area contributed by atoms with Crippen molar-refractivity contribution in [3.8, 4) is 23.0 Å². The van der Waals surface area contributed by atoms with Crippen LogP contribution < -0.4 is 14.8 Å². The van der Waals surface area contributed by atoms with Crippen molar-refractivity contribution in [2.45, 2.75) is 36.3 Å². The van der Waals surface area contributed by atoms with Crippen molar-refractivity contribution in [1.82, 2.24) is 15.5 Å². The lowest BCUT2D eigenvalue weighted by Crippen LogP contribution is -2.36. The van der Waals surface area contributed by atoms with E-state index >= 15 is 0 Å². The number of thioether (sulfide) groups is 1. The molecular formula is C17H19N3O5S. The van der Waals surface area contributed by atoms with Crippen molar-refractivity contribution in [2.24, 2.45) is 0 Å². The van der Waals surface area contributed by atoms with Crippen molar-refractivity contribution >= 4 is 17.7 Å². The summed E-state index contributed by atoms with van der Waals surface area (Å²) in [5.41, 5.74) is 0.740. The number of rotatable bonds is 6. The van der Waals surface area contributed by atoms with Crippen LogP contribution in [0.5, 0.6) is 11.5 Å². The number of nitrogens with one attached hydrogen (secondary N) is 1. The maximum absolute atomic E-state index is 12.2. The average molecular weight is 377 g/mol. The van der Waals surface area contributed by atoms with Gasteiger partial charge in [-0.1, -0.05) is 11.8 Å². The minimum atomic E-state index is -0.346. The topological polar surface area (TPSA) is 95.7 Å². The van der Waals surface area contributed by atoms with Gasteiger partial charge in [0.2, 0.25) is 18.6 Å². The SMILES string of the molecule is C[C@@H](Sc1nnc(-c2ccc3c(c2)OCO3)o1)C(=O)NC[C@H]1CCCO1. The van der Waals surface area contributed by atoms with Gasteiger partial charge < -0.3 is 23.9 Å². The number of carbonyl (C=O) groups excluding carboxylic acids is 1. The lowest BCUT2D eigenvalue weighted by atomic mass is 10.2. The molecule has 1 saturated heterocycles. The monoisotopic (exact) mass is 377 g/mol. The van der Waals surface area contributed by atoms with Crippen LogP contribution in [0.1, 0.15) is 19.8 Å². The van der Waals surface area contributed by atoms with Gasteiger partial charge in [0.15, 0.2) is 11.5 Å². The molecule has 4 rings (SSSR count). The minimum absolute atomic E-state index is 0.0756. The largest absolute Gasteiger partial charge is 0.454 e. The molecular weight excluding hydrogens is 358 g/mol. The zero-order valence-electron chi connectivity index (χ0n) is 14.3. The van der Waals surface area contributed by atoms with E-state index in [-0.39, 0.29) is 24.1 Å². The molecule has 1 N–H and O–H groups in total. The zero-order chi connectivity index (χ0) is 17.9. The number of hydrogen-bond acceptors (Lipinski definition) is 8. The maximum atomic E-state index is 12.2. The molecule has 2 aromatic rings. The Morgan fingerprint density at radius 1 is 1.35 bits per heavy atom. The Kier molecular flexibility index (Phi) is 4.98. The quantitative estimate of drug-likeness (QED) is 0.766. The van der Waals surface area contributed by atoms with Crippen LogP contribution in [0.2, 0.25) is 0 Å². The highest BCUT2D eigenvalue weighted by Crippen LogP contribution is 2.36. The molecule has 0 spiro atoms. The number of amides is 1.